The Kier molecular flexibility index (Phi) is 3.15. The van der Waals surface area contributed by atoms with Crippen LogP contribution in [0.3, 0.4) is 0 Å². The minimum Gasteiger partial charge on any atom is -0.508 e. The third-order valence-electron chi connectivity index (χ3n) is 2.73. The van der Waals surface area contributed by atoms with Crippen molar-refractivity contribution >= 4 is 6.08 Å². The molecule has 86 valence electrons. The fourth-order valence-corrected chi connectivity index (χ4v) is 1.78. The van der Waals surface area contributed by atoms with Gasteiger partial charge in [-0.25, -0.2) is 0 Å². The molecule has 0 saturated carbocycles. The Bertz CT molecular complexity index is 530. The fraction of sp³-hybridized carbons (Fsp3) is 0.0667. The topological polar surface area (TPSA) is 40.5 Å². The second-order valence-corrected chi connectivity index (χ2v) is 3.87. The second-order valence-electron chi connectivity index (χ2n) is 3.87. The molecule has 0 spiro atoms. The lowest BCUT2D eigenvalue weighted by Gasteiger charge is -2.09. The molecule has 2 aromatic carbocycles. The lowest BCUT2D eigenvalue weighted by Crippen LogP contribution is -1.91. The van der Waals surface area contributed by atoms with Crippen molar-refractivity contribution in [2.45, 2.75) is 6.42 Å². The Balaban J connectivity index is 2.42. The van der Waals surface area contributed by atoms with Crippen LogP contribution in [0.2, 0.25) is 0 Å². The fourth-order valence-electron chi connectivity index (χ4n) is 1.78. The van der Waals surface area contributed by atoms with Gasteiger partial charge in [0.25, 0.3) is 0 Å². The minimum absolute atomic E-state index is 0.101. The van der Waals surface area contributed by atoms with Crippen LogP contribution in [0, 0.1) is 0 Å². The quantitative estimate of drug-likeness (QED) is 0.842. The first-order valence-corrected chi connectivity index (χ1v) is 5.42. The summed E-state index contributed by atoms with van der Waals surface area (Å²) in [7, 11) is 0. The Morgan fingerprint density at radius 2 is 1.71 bits per heavy atom. The molecule has 0 radical (unpaired) electrons. The van der Waals surface area contributed by atoms with Crippen molar-refractivity contribution < 1.29 is 10.2 Å². The van der Waals surface area contributed by atoms with Crippen molar-refractivity contribution in [1.82, 2.24) is 0 Å². The van der Waals surface area contributed by atoms with E-state index in [4.69, 9.17) is 0 Å². The highest BCUT2D eigenvalue weighted by molar-refractivity contribution is 5.62. The molecule has 0 unspecified atom stereocenters. The summed E-state index contributed by atoms with van der Waals surface area (Å²) in [5, 5.41) is 19.8. The van der Waals surface area contributed by atoms with Crippen LogP contribution in [-0.4, -0.2) is 10.2 Å². The maximum atomic E-state index is 10.00. The first-order valence-electron chi connectivity index (χ1n) is 5.42. The van der Waals surface area contributed by atoms with E-state index < -0.39 is 0 Å². The Morgan fingerprint density at radius 3 is 2.35 bits per heavy atom. The van der Waals surface area contributed by atoms with Crippen molar-refractivity contribution in [3.63, 3.8) is 0 Å². The zero-order valence-electron chi connectivity index (χ0n) is 9.43. The average Bonchev–Trinajstić information content (AvgIpc) is 2.36. The van der Waals surface area contributed by atoms with Gasteiger partial charge in [-0.3, -0.25) is 0 Å². The van der Waals surface area contributed by atoms with Crippen LogP contribution >= 0.6 is 0 Å². The summed E-state index contributed by atoms with van der Waals surface area (Å²) in [5.41, 5.74) is 2.21. The molecule has 0 aliphatic rings. The molecular formula is C15H14O2. The summed E-state index contributed by atoms with van der Waals surface area (Å²) < 4.78 is 0. The van der Waals surface area contributed by atoms with Crippen molar-refractivity contribution in [1.29, 1.82) is 0 Å². The number of hydrogen-bond acceptors (Lipinski definition) is 2. The highest BCUT2D eigenvalue weighted by Crippen LogP contribution is 2.32. The monoisotopic (exact) mass is 226 g/mol. The van der Waals surface area contributed by atoms with Crippen LogP contribution in [0.25, 0.3) is 6.08 Å². The largest absolute Gasteiger partial charge is 0.508 e. The predicted octanol–water partition coefficient (Wildman–Crippen LogP) is 3.33. The molecule has 0 fully saturated rings. The summed E-state index contributed by atoms with van der Waals surface area (Å²) >= 11 is 0. The van der Waals surface area contributed by atoms with Crippen molar-refractivity contribution in [2.24, 2.45) is 0 Å². The smallest absolute Gasteiger partial charge is 0.130 e. The van der Waals surface area contributed by atoms with Crippen LogP contribution in [0.5, 0.6) is 11.5 Å². The number of hydrogen-bond donors (Lipinski definition) is 2. The zero-order chi connectivity index (χ0) is 12.3. The van der Waals surface area contributed by atoms with Gasteiger partial charge in [-0.1, -0.05) is 43.0 Å². The summed E-state index contributed by atoms with van der Waals surface area (Å²) in [5.74, 6) is 0.209. The minimum atomic E-state index is 0.101. The maximum absolute atomic E-state index is 10.00. The van der Waals surface area contributed by atoms with E-state index in [1.165, 1.54) is 0 Å². The lowest BCUT2D eigenvalue weighted by atomic mass is 10.0. The Labute approximate surface area is 100 Å². The summed E-state index contributed by atoms with van der Waals surface area (Å²) in [6.45, 7) is 3.63. The molecule has 0 atom stereocenters. The molecule has 2 aromatic rings. The maximum Gasteiger partial charge on any atom is 0.130 e. The van der Waals surface area contributed by atoms with Crippen molar-refractivity contribution in [2.75, 3.05) is 0 Å². The number of rotatable bonds is 3. The number of phenolic OH excluding ortho intramolecular Hbond substituents is 2. The Hall–Kier alpha value is -2.22. The summed E-state index contributed by atoms with van der Waals surface area (Å²) in [6, 6.07) is 12.9. The SMILES string of the molecule is C=Cc1ccc(O)c(Cc2ccccc2)c1O. The third-order valence-corrected chi connectivity index (χ3v) is 2.73. The van der Waals surface area contributed by atoms with Gasteiger partial charge < -0.3 is 10.2 Å². The van der Waals surface area contributed by atoms with Gasteiger partial charge in [0.1, 0.15) is 11.5 Å². The second kappa shape index (κ2) is 4.74. The van der Waals surface area contributed by atoms with Gasteiger partial charge in [0.05, 0.1) is 0 Å². The number of aromatic hydroxyl groups is 2. The van der Waals surface area contributed by atoms with Gasteiger partial charge in [0, 0.05) is 17.5 Å². The molecule has 0 aliphatic heterocycles. The lowest BCUT2D eigenvalue weighted by molar-refractivity contribution is 0.439. The van der Waals surface area contributed by atoms with Gasteiger partial charge in [-0.15, -0.1) is 0 Å². The highest BCUT2D eigenvalue weighted by Gasteiger charge is 2.10. The van der Waals surface area contributed by atoms with E-state index in [-0.39, 0.29) is 11.5 Å². The molecule has 0 heterocycles. The van der Waals surface area contributed by atoms with E-state index in [0.717, 1.165) is 5.56 Å². The average molecular weight is 226 g/mol. The summed E-state index contributed by atoms with van der Waals surface area (Å²) in [4.78, 5) is 0. The van der Waals surface area contributed by atoms with Gasteiger partial charge in [-0.05, 0) is 17.7 Å². The molecule has 2 nitrogen and oxygen atoms in total. The molecule has 17 heavy (non-hydrogen) atoms. The van der Waals surface area contributed by atoms with Crippen LogP contribution in [-0.2, 0) is 6.42 Å². The van der Waals surface area contributed by atoms with Gasteiger partial charge in [0.15, 0.2) is 0 Å². The molecular weight excluding hydrogens is 212 g/mol. The van der Waals surface area contributed by atoms with E-state index in [0.29, 0.717) is 17.5 Å². The molecule has 2 N–H and O–H groups in total. The van der Waals surface area contributed by atoms with E-state index >= 15 is 0 Å². The zero-order valence-corrected chi connectivity index (χ0v) is 9.43. The van der Waals surface area contributed by atoms with E-state index in [9.17, 15) is 10.2 Å². The Morgan fingerprint density at radius 1 is 1.00 bits per heavy atom. The van der Waals surface area contributed by atoms with Crippen molar-refractivity contribution in [3.05, 3.63) is 65.7 Å². The molecule has 0 aliphatic carbocycles. The number of benzene rings is 2. The van der Waals surface area contributed by atoms with Crippen LogP contribution in [0.15, 0.2) is 49.0 Å². The van der Waals surface area contributed by atoms with Gasteiger partial charge in [-0.2, -0.15) is 0 Å². The first kappa shape index (κ1) is 11.3. The first-order chi connectivity index (χ1) is 8.22. The van der Waals surface area contributed by atoms with E-state index in [1.54, 1.807) is 18.2 Å². The molecule has 0 bridgehead atoms. The van der Waals surface area contributed by atoms with E-state index in [2.05, 4.69) is 6.58 Å². The van der Waals surface area contributed by atoms with Gasteiger partial charge in [0.2, 0.25) is 0 Å². The summed E-state index contributed by atoms with van der Waals surface area (Å²) in [6.07, 6.45) is 2.07. The number of phenols is 2. The van der Waals surface area contributed by atoms with Crippen molar-refractivity contribution in [3.8, 4) is 11.5 Å². The van der Waals surface area contributed by atoms with Crippen LogP contribution in [0.1, 0.15) is 16.7 Å². The molecule has 0 aromatic heterocycles. The van der Waals surface area contributed by atoms with E-state index in [1.807, 2.05) is 30.3 Å². The predicted molar refractivity (Wildman–Crippen MR) is 69.1 cm³/mol. The molecule has 2 rings (SSSR count). The highest BCUT2D eigenvalue weighted by atomic mass is 16.3. The van der Waals surface area contributed by atoms with Crippen LogP contribution in [0.4, 0.5) is 0 Å². The normalized spacial score (nSPS) is 10.1. The third kappa shape index (κ3) is 2.31. The van der Waals surface area contributed by atoms with Crippen LogP contribution < -0.4 is 0 Å². The molecule has 0 amide bonds. The molecule has 0 saturated heterocycles. The molecule has 2 heteroatoms. The standard InChI is InChI=1S/C15H14O2/c1-2-12-8-9-14(16)13(15(12)17)10-11-6-4-3-5-7-11/h2-9,16-17H,1,10H2. The van der Waals surface area contributed by atoms with Gasteiger partial charge >= 0.3 is 0 Å².